The molecular weight excluding hydrogens is 302 g/mol. The van der Waals surface area contributed by atoms with Crippen LogP contribution in [0, 0.1) is 21.7 Å². The van der Waals surface area contributed by atoms with Crippen molar-refractivity contribution >= 4 is 22.4 Å². The molecule has 0 aliphatic rings. The molecule has 112 valence electrons. The van der Waals surface area contributed by atoms with Gasteiger partial charge < -0.3 is 5.32 Å². The largest absolute Gasteiger partial charge is 0.356 e. The standard InChI is InChI=1S/C12H12F2N4O2S/c1-12(2,3)16-11-15-10(17-21-11)8-6(13)4-5-7(9(8)14)18(19)20/h4-5H,1-3H3,(H,15,16,17). The van der Waals surface area contributed by atoms with Crippen LogP contribution in [0.5, 0.6) is 0 Å². The first-order valence-corrected chi connectivity index (χ1v) is 6.71. The lowest BCUT2D eigenvalue weighted by Gasteiger charge is -2.18. The van der Waals surface area contributed by atoms with Gasteiger partial charge in [-0.05, 0) is 26.8 Å². The minimum Gasteiger partial charge on any atom is -0.356 e. The van der Waals surface area contributed by atoms with Gasteiger partial charge in [0.2, 0.25) is 10.9 Å². The third-order valence-corrected chi connectivity index (χ3v) is 3.03. The van der Waals surface area contributed by atoms with E-state index >= 15 is 0 Å². The van der Waals surface area contributed by atoms with E-state index in [1.54, 1.807) is 0 Å². The molecule has 1 heterocycles. The van der Waals surface area contributed by atoms with E-state index in [4.69, 9.17) is 0 Å². The van der Waals surface area contributed by atoms with Crippen molar-refractivity contribution in [3.05, 3.63) is 33.9 Å². The summed E-state index contributed by atoms with van der Waals surface area (Å²) in [6, 6.07) is 1.60. The molecule has 0 bridgehead atoms. The van der Waals surface area contributed by atoms with Crippen molar-refractivity contribution in [2.24, 2.45) is 0 Å². The maximum Gasteiger partial charge on any atom is 0.305 e. The normalized spacial score (nSPS) is 11.5. The molecular formula is C12H12F2N4O2S. The molecule has 0 unspecified atom stereocenters. The van der Waals surface area contributed by atoms with Crippen LogP contribution >= 0.6 is 11.5 Å². The summed E-state index contributed by atoms with van der Waals surface area (Å²) in [6.07, 6.45) is 0. The molecule has 0 aliphatic carbocycles. The molecule has 0 radical (unpaired) electrons. The quantitative estimate of drug-likeness (QED) is 0.691. The molecule has 1 N–H and O–H groups in total. The summed E-state index contributed by atoms with van der Waals surface area (Å²) in [6.45, 7) is 5.67. The Balaban J connectivity index is 2.47. The zero-order valence-corrected chi connectivity index (χ0v) is 12.3. The lowest BCUT2D eigenvalue weighted by atomic mass is 10.1. The number of rotatable bonds is 3. The second kappa shape index (κ2) is 5.32. The van der Waals surface area contributed by atoms with Gasteiger partial charge in [-0.25, -0.2) is 4.39 Å². The third kappa shape index (κ3) is 3.30. The number of nitro benzene ring substituents is 1. The minimum absolute atomic E-state index is 0.217. The van der Waals surface area contributed by atoms with Gasteiger partial charge in [0.15, 0.2) is 5.82 Å². The van der Waals surface area contributed by atoms with Crippen molar-refractivity contribution in [2.45, 2.75) is 26.3 Å². The molecule has 21 heavy (non-hydrogen) atoms. The second-order valence-electron chi connectivity index (χ2n) is 5.31. The van der Waals surface area contributed by atoms with Crippen molar-refractivity contribution in [1.29, 1.82) is 0 Å². The smallest absolute Gasteiger partial charge is 0.305 e. The van der Waals surface area contributed by atoms with Gasteiger partial charge in [0, 0.05) is 23.1 Å². The Bertz CT molecular complexity index is 697. The summed E-state index contributed by atoms with van der Waals surface area (Å²) in [5, 5.41) is 14.1. The maximum atomic E-state index is 14.0. The van der Waals surface area contributed by atoms with E-state index in [2.05, 4.69) is 14.7 Å². The lowest BCUT2D eigenvalue weighted by Crippen LogP contribution is -2.25. The summed E-state index contributed by atoms with van der Waals surface area (Å²) < 4.78 is 31.7. The first-order chi connectivity index (χ1) is 9.69. The fraction of sp³-hybridized carbons (Fsp3) is 0.333. The van der Waals surface area contributed by atoms with Gasteiger partial charge in [-0.1, -0.05) is 0 Å². The van der Waals surface area contributed by atoms with E-state index in [1.165, 1.54) is 0 Å². The summed E-state index contributed by atoms with van der Waals surface area (Å²) in [7, 11) is 0. The Labute approximate surface area is 123 Å². The highest BCUT2D eigenvalue weighted by molar-refractivity contribution is 7.09. The van der Waals surface area contributed by atoms with Crippen molar-refractivity contribution in [3.63, 3.8) is 0 Å². The van der Waals surface area contributed by atoms with Crippen molar-refractivity contribution in [2.75, 3.05) is 5.32 Å². The summed E-state index contributed by atoms with van der Waals surface area (Å²) in [5.41, 5.74) is -1.70. The number of benzene rings is 1. The maximum absolute atomic E-state index is 14.0. The van der Waals surface area contributed by atoms with Crippen LogP contribution < -0.4 is 5.32 Å². The third-order valence-electron chi connectivity index (χ3n) is 2.40. The number of nitro groups is 1. The predicted octanol–water partition coefficient (Wildman–Crippen LogP) is 3.60. The first-order valence-electron chi connectivity index (χ1n) is 5.93. The van der Waals surface area contributed by atoms with Gasteiger partial charge in [0.1, 0.15) is 5.82 Å². The van der Waals surface area contributed by atoms with E-state index in [0.717, 1.165) is 23.7 Å². The van der Waals surface area contributed by atoms with Crippen LogP contribution in [-0.2, 0) is 0 Å². The number of nitrogens with one attached hydrogen (secondary N) is 1. The lowest BCUT2D eigenvalue weighted by molar-refractivity contribution is -0.387. The zero-order valence-electron chi connectivity index (χ0n) is 11.5. The average molecular weight is 314 g/mol. The summed E-state index contributed by atoms with van der Waals surface area (Å²) in [5.74, 6) is -2.44. The molecule has 9 heteroatoms. The highest BCUT2D eigenvalue weighted by atomic mass is 32.1. The van der Waals surface area contributed by atoms with Crippen LogP contribution in [0.2, 0.25) is 0 Å². The van der Waals surface area contributed by atoms with Crippen molar-refractivity contribution < 1.29 is 13.7 Å². The fourth-order valence-corrected chi connectivity index (χ4v) is 2.37. The van der Waals surface area contributed by atoms with Crippen LogP contribution in [0.1, 0.15) is 20.8 Å². The van der Waals surface area contributed by atoms with E-state index in [0.29, 0.717) is 5.13 Å². The topological polar surface area (TPSA) is 81.0 Å². The average Bonchev–Trinajstić information content (AvgIpc) is 2.74. The summed E-state index contributed by atoms with van der Waals surface area (Å²) >= 11 is 0.928. The fourth-order valence-electron chi connectivity index (χ4n) is 1.58. The molecule has 0 spiro atoms. The van der Waals surface area contributed by atoms with Crippen LogP contribution in [0.25, 0.3) is 11.4 Å². The van der Waals surface area contributed by atoms with Gasteiger partial charge >= 0.3 is 5.69 Å². The molecule has 0 atom stereocenters. The Morgan fingerprint density at radius 1 is 1.33 bits per heavy atom. The number of hydrogen-bond acceptors (Lipinski definition) is 6. The van der Waals surface area contributed by atoms with Crippen molar-refractivity contribution in [3.8, 4) is 11.4 Å². The summed E-state index contributed by atoms with van der Waals surface area (Å²) in [4.78, 5) is 13.8. The Hall–Kier alpha value is -2.16. The van der Waals surface area contributed by atoms with Gasteiger partial charge in [0.05, 0.1) is 10.5 Å². The highest BCUT2D eigenvalue weighted by Gasteiger charge is 2.25. The molecule has 2 rings (SSSR count). The predicted molar refractivity (Wildman–Crippen MR) is 75.3 cm³/mol. The number of hydrogen-bond donors (Lipinski definition) is 1. The Kier molecular flexibility index (Phi) is 3.86. The van der Waals surface area contributed by atoms with Crippen LogP contribution in [0.4, 0.5) is 19.6 Å². The number of aromatic nitrogens is 2. The molecule has 0 aliphatic heterocycles. The van der Waals surface area contributed by atoms with E-state index in [-0.39, 0.29) is 11.4 Å². The van der Waals surface area contributed by atoms with Gasteiger partial charge in [-0.2, -0.15) is 13.7 Å². The number of halogens is 2. The van der Waals surface area contributed by atoms with Crippen LogP contribution in [-0.4, -0.2) is 19.8 Å². The highest BCUT2D eigenvalue weighted by Crippen LogP contribution is 2.32. The molecule has 0 amide bonds. The van der Waals surface area contributed by atoms with E-state index < -0.39 is 27.8 Å². The van der Waals surface area contributed by atoms with E-state index in [1.807, 2.05) is 20.8 Å². The Morgan fingerprint density at radius 3 is 2.57 bits per heavy atom. The molecule has 1 aromatic heterocycles. The molecule has 0 saturated heterocycles. The molecule has 0 saturated carbocycles. The molecule has 0 fully saturated rings. The molecule has 2 aromatic rings. The molecule has 1 aromatic carbocycles. The minimum atomic E-state index is -1.28. The first kappa shape index (κ1) is 15.2. The molecule has 6 nitrogen and oxygen atoms in total. The van der Waals surface area contributed by atoms with Crippen molar-refractivity contribution in [1.82, 2.24) is 9.36 Å². The van der Waals surface area contributed by atoms with Crippen LogP contribution in [0.3, 0.4) is 0 Å². The van der Waals surface area contributed by atoms with Gasteiger partial charge in [0.25, 0.3) is 0 Å². The van der Waals surface area contributed by atoms with Gasteiger partial charge in [-0.15, -0.1) is 0 Å². The van der Waals surface area contributed by atoms with E-state index in [9.17, 15) is 18.9 Å². The SMILES string of the molecule is CC(C)(C)Nc1nc(-c2c(F)ccc([N+](=O)[O-])c2F)ns1. The van der Waals surface area contributed by atoms with Crippen LogP contribution in [0.15, 0.2) is 12.1 Å². The Morgan fingerprint density at radius 2 is 2.00 bits per heavy atom. The monoisotopic (exact) mass is 314 g/mol. The van der Waals surface area contributed by atoms with Gasteiger partial charge in [-0.3, -0.25) is 10.1 Å². The zero-order chi connectivity index (χ0) is 15.8. The number of nitrogens with zero attached hydrogens (tertiary/aromatic N) is 3. The number of anilines is 1. The second-order valence-corrected chi connectivity index (χ2v) is 6.06.